The van der Waals surface area contributed by atoms with Crippen LogP contribution in [0.15, 0.2) is 152 Å². The molecule has 5 atom stereocenters. The van der Waals surface area contributed by atoms with Gasteiger partial charge in [0.1, 0.15) is 30.0 Å². The molecular formula is C40H40O6. The fourth-order valence-electron chi connectivity index (χ4n) is 6.19. The topological polar surface area (TPSA) is 66.4 Å². The highest BCUT2D eigenvalue weighted by atomic mass is 16.7. The summed E-state index contributed by atoms with van der Waals surface area (Å²) in [5.74, 6) is 0. The van der Waals surface area contributed by atoms with Gasteiger partial charge in [-0.1, -0.05) is 152 Å². The molecule has 0 aromatic heterocycles. The number of benzene rings is 5. The second-order valence-electron chi connectivity index (χ2n) is 11.4. The van der Waals surface area contributed by atoms with E-state index in [-0.39, 0.29) is 13.2 Å². The molecular weight excluding hydrogens is 576 g/mol. The first kappa shape index (κ1) is 31.8. The Morgan fingerprint density at radius 1 is 0.543 bits per heavy atom. The number of rotatable bonds is 13. The first-order valence-electron chi connectivity index (χ1n) is 15.7. The van der Waals surface area contributed by atoms with Crippen LogP contribution < -0.4 is 0 Å². The van der Waals surface area contributed by atoms with Crippen molar-refractivity contribution in [2.24, 2.45) is 0 Å². The lowest BCUT2D eigenvalue weighted by Crippen LogP contribution is -2.61. The zero-order valence-electron chi connectivity index (χ0n) is 25.9. The third-order valence-corrected chi connectivity index (χ3v) is 8.46. The van der Waals surface area contributed by atoms with E-state index in [0.29, 0.717) is 6.61 Å². The van der Waals surface area contributed by atoms with Crippen LogP contribution in [0.4, 0.5) is 0 Å². The summed E-state index contributed by atoms with van der Waals surface area (Å²) in [5, 5.41) is 11.4. The molecule has 0 bridgehead atoms. The molecule has 1 saturated heterocycles. The highest BCUT2D eigenvalue weighted by Gasteiger charge is 2.49. The number of hydrogen-bond acceptors (Lipinski definition) is 6. The number of ether oxygens (including phenoxy) is 5. The smallest absolute Gasteiger partial charge is 0.184 e. The van der Waals surface area contributed by atoms with Gasteiger partial charge in [-0.15, -0.1) is 0 Å². The minimum Gasteiger partial charge on any atom is -0.376 e. The molecule has 236 valence electrons. The second kappa shape index (κ2) is 15.4. The predicted molar refractivity (Wildman–Crippen MR) is 177 cm³/mol. The minimum atomic E-state index is -1.27. The molecule has 0 amide bonds. The van der Waals surface area contributed by atoms with Crippen LogP contribution >= 0.6 is 0 Å². The van der Waals surface area contributed by atoms with Crippen LogP contribution in [-0.4, -0.2) is 49.5 Å². The Morgan fingerprint density at radius 3 is 1.35 bits per heavy atom. The summed E-state index contributed by atoms with van der Waals surface area (Å²) in [5.41, 5.74) is 3.94. The molecule has 1 aliphatic rings. The molecule has 1 aliphatic heterocycles. The van der Waals surface area contributed by atoms with Gasteiger partial charge in [-0.05, 0) is 27.8 Å². The molecule has 46 heavy (non-hydrogen) atoms. The molecule has 0 aliphatic carbocycles. The number of aliphatic hydroxyl groups excluding tert-OH is 1. The van der Waals surface area contributed by atoms with Crippen LogP contribution in [0.2, 0.25) is 0 Å². The van der Waals surface area contributed by atoms with Crippen molar-refractivity contribution in [1.29, 1.82) is 0 Å². The van der Waals surface area contributed by atoms with Crippen molar-refractivity contribution in [1.82, 2.24) is 0 Å². The van der Waals surface area contributed by atoms with E-state index in [1.165, 1.54) is 0 Å². The fraction of sp³-hybridized carbons (Fsp3) is 0.250. The Bertz CT molecular complexity index is 1490. The van der Waals surface area contributed by atoms with E-state index in [1.807, 2.05) is 115 Å². The van der Waals surface area contributed by atoms with Crippen molar-refractivity contribution in [3.05, 3.63) is 179 Å². The minimum absolute atomic E-state index is 0.102. The maximum atomic E-state index is 11.4. The summed E-state index contributed by atoms with van der Waals surface area (Å²) in [6.45, 7) is 0.706. The molecule has 5 aromatic rings. The summed E-state index contributed by atoms with van der Waals surface area (Å²) in [7, 11) is 1.63. The van der Waals surface area contributed by atoms with Crippen molar-refractivity contribution in [3.8, 4) is 0 Å². The summed E-state index contributed by atoms with van der Waals surface area (Å²) >= 11 is 0. The molecule has 0 saturated carbocycles. The van der Waals surface area contributed by atoms with E-state index in [4.69, 9.17) is 23.7 Å². The highest BCUT2D eigenvalue weighted by molar-refractivity contribution is 5.47. The summed E-state index contributed by atoms with van der Waals surface area (Å²) in [4.78, 5) is 0. The molecule has 1 N–H and O–H groups in total. The van der Waals surface area contributed by atoms with E-state index in [1.54, 1.807) is 7.11 Å². The third kappa shape index (κ3) is 7.13. The van der Waals surface area contributed by atoms with Crippen LogP contribution in [0.25, 0.3) is 0 Å². The molecule has 0 radical (unpaired) electrons. The lowest BCUT2D eigenvalue weighted by Gasteiger charge is -2.45. The Balaban J connectivity index is 1.32. The number of hydrogen-bond donors (Lipinski definition) is 1. The van der Waals surface area contributed by atoms with Gasteiger partial charge in [-0.25, -0.2) is 0 Å². The van der Waals surface area contributed by atoms with Crippen LogP contribution in [0.5, 0.6) is 0 Å². The molecule has 1 heterocycles. The summed E-state index contributed by atoms with van der Waals surface area (Å²) in [6.07, 6.45) is -4.00. The molecule has 5 aromatic carbocycles. The maximum Gasteiger partial charge on any atom is 0.184 e. The van der Waals surface area contributed by atoms with Gasteiger partial charge in [0.2, 0.25) is 0 Å². The van der Waals surface area contributed by atoms with Crippen molar-refractivity contribution >= 4 is 0 Å². The zero-order chi connectivity index (χ0) is 31.6. The van der Waals surface area contributed by atoms with Crippen LogP contribution in [0.1, 0.15) is 27.8 Å². The Morgan fingerprint density at radius 2 is 0.935 bits per heavy atom. The van der Waals surface area contributed by atoms with Crippen LogP contribution in [0.3, 0.4) is 0 Å². The predicted octanol–water partition coefficient (Wildman–Crippen LogP) is 6.90. The molecule has 0 spiro atoms. The molecule has 0 unspecified atom stereocenters. The number of methoxy groups -OCH3 is 1. The maximum absolute atomic E-state index is 11.4. The van der Waals surface area contributed by atoms with Gasteiger partial charge in [-0.3, -0.25) is 0 Å². The van der Waals surface area contributed by atoms with Crippen molar-refractivity contribution in [3.63, 3.8) is 0 Å². The second-order valence-corrected chi connectivity index (χ2v) is 11.4. The molecule has 1 fully saturated rings. The van der Waals surface area contributed by atoms with Gasteiger partial charge in [-0.2, -0.15) is 0 Å². The Labute approximate surface area is 271 Å². The van der Waals surface area contributed by atoms with Crippen LogP contribution in [-0.2, 0) is 42.5 Å². The Hall–Kier alpha value is -4.14. The normalized spacial score (nSPS) is 21.6. The SMILES string of the molecule is CO[C@@H]1[C@H](OCc2ccccc2)[C@@H](OCc2ccccc2)[C@H](O)O[C@@H]1COC(c1ccccc1)(c1ccccc1)c1ccccc1. The first-order valence-corrected chi connectivity index (χ1v) is 15.7. The van der Waals surface area contributed by atoms with E-state index in [0.717, 1.165) is 27.8 Å². The van der Waals surface area contributed by atoms with Crippen molar-refractivity contribution < 1.29 is 28.8 Å². The van der Waals surface area contributed by atoms with E-state index < -0.39 is 36.3 Å². The van der Waals surface area contributed by atoms with E-state index >= 15 is 0 Å². The van der Waals surface area contributed by atoms with Crippen molar-refractivity contribution in [2.75, 3.05) is 13.7 Å². The van der Waals surface area contributed by atoms with Gasteiger partial charge in [0, 0.05) is 7.11 Å². The monoisotopic (exact) mass is 616 g/mol. The lowest BCUT2D eigenvalue weighted by atomic mass is 9.80. The molecule has 6 rings (SSSR count). The summed E-state index contributed by atoms with van der Waals surface area (Å²) < 4.78 is 32.3. The van der Waals surface area contributed by atoms with Gasteiger partial charge >= 0.3 is 0 Å². The van der Waals surface area contributed by atoms with Gasteiger partial charge in [0.25, 0.3) is 0 Å². The Kier molecular flexibility index (Phi) is 10.7. The van der Waals surface area contributed by atoms with Crippen molar-refractivity contribution in [2.45, 2.75) is 49.5 Å². The number of aliphatic hydroxyl groups is 1. The lowest BCUT2D eigenvalue weighted by molar-refractivity contribution is -0.314. The zero-order valence-corrected chi connectivity index (χ0v) is 25.9. The average molecular weight is 617 g/mol. The third-order valence-electron chi connectivity index (χ3n) is 8.46. The van der Waals surface area contributed by atoms with Gasteiger partial charge in [0.15, 0.2) is 6.29 Å². The largest absolute Gasteiger partial charge is 0.376 e. The quantitative estimate of drug-likeness (QED) is 0.145. The van der Waals surface area contributed by atoms with E-state index in [9.17, 15) is 5.11 Å². The standard InChI is InChI=1S/C40H40O6/c1-42-36-35(29-45-40(32-21-11-4-12-22-32,33-23-13-5-14-24-33)34-25-15-6-16-26-34)46-39(41)38(44-28-31-19-9-3-10-20-31)37(36)43-27-30-17-7-2-8-18-30/h2-26,35-39,41H,27-29H2,1H3/t35-,36+,37+,38-,39-/m1/s1. The van der Waals surface area contributed by atoms with Crippen LogP contribution in [0, 0.1) is 0 Å². The fourth-order valence-corrected chi connectivity index (χ4v) is 6.19. The van der Waals surface area contributed by atoms with Gasteiger partial charge in [0.05, 0.1) is 19.8 Å². The molecule has 6 heteroatoms. The summed E-state index contributed by atoms with van der Waals surface area (Å²) in [6, 6.07) is 50.3. The average Bonchev–Trinajstić information content (AvgIpc) is 3.13. The molecule has 6 nitrogen and oxygen atoms in total. The first-order chi connectivity index (χ1) is 22.7. The van der Waals surface area contributed by atoms with E-state index in [2.05, 4.69) is 36.4 Å². The highest BCUT2D eigenvalue weighted by Crippen LogP contribution is 2.41. The van der Waals surface area contributed by atoms with Gasteiger partial charge < -0.3 is 28.8 Å².